The van der Waals surface area contributed by atoms with Crippen LogP contribution in [0.1, 0.15) is 72.2 Å². The number of nitrogens with zero attached hydrogens (tertiary/aromatic N) is 2. The summed E-state index contributed by atoms with van der Waals surface area (Å²) in [6, 6.07) is 62.3. The van der Waals surface area contributed by atoms with Gasteiger partial charge in [-0.3, -0.25) is 0 Å². The van der Waals surface area contributed by atoms with Crippen LogP contribution in [0.2, 0.25) is 0 Å². The number of para-hydroxylation sites is 4. The van der Waals surface area contributed by atoms with Crippen LogP contribution in [0.25, 0.3) is 66.1 Å². The van der Waals surface area contributed by atoms with Crippen molar-refractivity contribution >= 4 is 78.0 Å². The molecule has 68 heavy (non-hydrogen) atoms. The smallest absolute Gasteiger partial charge is 0.145 e. The Kier molecular flexibility index (Phi) is 8.53. The van der Waals surface area contributed by atoms with Gasteiger partial charge in [0.15, 0.2) is 0 Å². The fraction of sp³-hybridized carbons (Fsp3) is 0.156. The normalized spacial score (nSPS) is 14.1. The van der Waals surface area contributed by atoms with Gasteiger partial charge in [-0.1, -0.05) is 136 Å². The highest BCUT2D eigenvalue weighted by atomic mass is 16.3. The first-order valence-corrected chi connectivity index (χ1v) is 23.9. The van der Waals surface area contributed by atoms with E-state index in [1.54, 1.807) is 0 Å². The molecule has 330 valence electrons. The van der Waals surface area contributed by atoms with Gasteiger partial charge in [-0.2, -0.15) is 0 Å². The van der Waals surface area contributed by atoms with Crippen LogP contribution in [0.3, 0.4) is 0 Å². The van der Waals surface area contributed by atoms with Gasteiger partial charge >= 0.3 is 0 Å². The SMILES string of the molecule is Cc1ccc(N(c2ccccc2)c2cc3c(c4oc5ccccc5c24)-c2cc4c(cc2C3(C)C)-c2c(cc(N(c3ccccc3)c3ccc(C)cc3C)c3c2oc2ccccc23)C4(C)C)c(C)c1. The molecule has 4 nitrogen and oxygen atoms in total. The first kappa shape index (κ1) is 40.5. The summed E-state index contributed by atoms with van der Waals surface area (Å²) >= 11 is 0. The molecule has 11 aromatic rings. The quantitative estimate of drug-likeness (QED) is 0.167. The lowest BCUT2D eigenvalue weighted by atomic mass is 9.79. The Balaban J connectivity index is 1.09. The highest BCUT2D eigenvalue weighted by Gasteiger charge is 2.45. The Morgan fingerprint density at radius 2 is 0.750 bits per heavy atom. The van der Waals surface area contributed by atoms with Gasteiger partial charge in [-0.25, -0.2) is 0 Å². The molecule has 0 spiro atoms. The average molecular weight is 881 g/mol. The van der Waals surface area contributed by atoms with Gasteiger partial charge in [-0.15, -0.1) is 0 Å². The summed E-state index contributed by atoms with van der Waals surface area (Å²) < 4.78 is 14.4. The van der Waals surface area contributed by atoms with Gasteiger partial charge in [0.25, 0.3) is 0 Å². The predicted molar refractivity (Wildman–Crippen MR) is 284 cm³/mol. The van der Waals surface area contributed by atoms with Gasteiger partial charge in [-0.05, 0) is 145 Å². The lowest BCUT2D eigenvalue weighted by Crippen LogP contribution is -2.18. The maximum atomic E-state index is 7.18. The van der Waals surface area contributed by atoms with Crippen molar-refractivity contribution < 1.29 is 8.83 Å². The molecule has 2 aliphatic carbocycles. The van der Waals surface area contributed by atoms with Crippen LogP contribution in [0.5, 0.6) is 0 Å². The topological polar surface area (TPSA) is 32.8 Å². The van der Waals surface area contributed by atoms with E-state index in [4.69, 9.17) is 8.83 Å². The molecule has 0 saturated heterocycles. The van der Waals surface area contributed by atoms with Crippen LogP contribution in [0.15, 0.2) is 179 Å². The molecule has 0 amide bonds. The first-order valence-electron chi connectivity index (χ1n) is 23.9. The predicted octanol–water partition coefficient (Wildman–Crippen LogP) is 18.3. The Bertz CT molecular complexity index is 3650. The zero-order chi connectivity index (χ0) is 46.4. The highest BCUT2D eigenvalue weighted by molar-refractivity contribution is 6.21. The number of hydrogen-bond acceptors (Lipinski definition) is 4. The average Bonchev–Trinajstić information content (AvgIpc) is 4.04. The fourth-order valence-electron chi connectivity index (χ4n) is 12.1. The first-order chi connectivity index (χ1) is 32.9. The second-order valence-corrected chi connectivity index (χ2v) is 20.4. The summed E-state index contributed by atoms with van der Waals surface area (Å²) in [5.41, 5.74) is 24.5. The Morgan fingerprint density at radius 3 is 1.15 bits per heavy atom. The lowest BCUT2D eigenvalue weighted by Gasteiger charge is -2.30. The molecule has 2 heterocycles. The van der Waals surface area contributed by atoms with Crippen LogP contribution in [-0.2, 0) is 10.8 Å². The van der Waals surface area contributed by atoms with Crippen LogP contribution in [0, 0.1) is 27.7 Å². The van der Waals surface area contributed by atoms with Gasteiger partial charge in [0.1, 0.15) is 22.3 Å². The molecule has 2 aliphatic rings. The van der Waals surface area contributed by atoms with E-state index in [1.807, 2.05) is 0 Å². The number of anilines is 6. The second-order valence-electron chi connectivity index (χ2n) is 20.4. The minimum atomic E-state index is -0.376. The van der Waals surface area contributed by atoms with Crippen molar-refractivity contribution in [3.63, 3.8) is 0 Å². The summed E-state index contributed by atoms with van der Waals surface area (Å²) in [4.78, 5) is 4.90. The monoisotopic (exact) mass is 880 g/mol. The van der Waals surface area contributed by atoms with E-state index in [0.29, 0.717) is 0 Å². The molecule has 4 heteroatoms. The molecule has 2 aromatic heterocycles. The van der Waals surface area contributed by atoms with E-state index in [0.717, 1.165) is 78.0 Å². The van der Waals surface area contributed by atoms with Crippen LogP contribution in [0.4, 0.5) is 34.1 Å². The number of rotatable bonds is 6. The van der Waals surface area contributed by atoms with Gasteiger partial charge in [0.05, 0.1) is 22.1 Å². The fourth-order valence-corrected chi connectivity index (χ4v) is 12.1. The van der Waals surface area contributed by atoms with Gasteiger partial charge in [0.2, 0.25) is 0 Å². The minimum Gasteiger partial charge on any atom is -0.455 e. The molecule has 0 bridgehead atoms. The second kappa shape index (κ2) is 14.3. The van der Waals surface area contributed by atoms with Crippen molar-refractivity contribution in [2.75, 3.05) is 9.80 Å². The molecule has 0 saturated carbocycles. The van der Waals surface area contributed by atoms with E-state index < -0.39 is 0 Å². The molecule has 9 aromatic carbocycles. The molecule has 13 rings (SSSR count). The maximum Gasteiger partial charge on any atom is 0.145 e. The number of aryl methyl sites for hydroxylation is 4. The summed E-state index contributed by atoms with van der Waals surface area (Å²) in [5, 5.41) is 4.46. The van der Waals surface area contributed by atoms with Gasteiger partial charge in [0, 0.05) is 55.5 Å². The largest absolute Gasteiger partial charge is 0.455 e. The number of furan rings is 2. The zero-order valence-electron chi connectivity index (χ0n) is 39.9. The maximum absolute atomic E-state index is 7.18. The van der Waals surface area contributed by atoms with Crippen molar-refractivity contribution in [2.24, 2.45) is 0 Å². The van der Waals surface area contributed by atoms with E-state index in [-0.39, 0.29) is 10.8 Å². The summed E-state index contributed by atoms with van der Waals surface area (Å²) in [7, 11) is 0. The number of benzene rings is 9. The van der Waals surface area contributed by atoms with Crippen molar-refractivity contribution in [2.45, 2.75) is 66.2 Å². The van der Waals surface area contributed by atoms with E-state index in [1.165, 1.54) is 66.8 Å². The molecule has 0 radical (unpaired) electrons. The van der Waals surface area contributed by atoms with Crippen LogP contribution < -0.4 is 9.80 Å². The number of hydrogen-bond donors (Lipinski definition) is 0. The van der Waals surface area contributed by atoms with Crippen LogP contribution >= 0.6 is 0 Å². The molecular weight excluding hydrogens is 829 g/mol. The molecule has 0 aliphatic heterocycles. The zero-order valence-corrected chi connectivity index (χ0v) is 39.9. The molecule has 0 atom stereocenters. The van der Waals surface area contributed by atoms with Crippen molar-refractivity contribution in [1.29, 1.82) is 0 Å². The van der Waals surface area contributed by atoms with Crippen molar-refractivity contribution in [1.82, 2.24) is 0 Å². The Morgan fingerprint density at radius 1 is 0.368 bits per heavy atom. The molecule has 0 fully saturated rings. The summed E-state index contributed by atoms with van der Waals surface area (Å²) in [5.74, 6) is 0. The third-order valence-electron chi connectivity index (χ3n) is 15.3. The minimum absolute atomic E-state index is 0.376. The van der Waals surface area contributed by atoms with E-state index in [9.17, 15) is 0 Å². The number of fused-ring (bicyclic) bond motifs is 14. The summed E-state index contributed by atoms with van der Waals surface area (Å²) in [6.45, 7) is 18.4. The van der Waals surface area contributed by atoms with Crippen LogP contribution in [-0.4, -0.2) is 0 Å². The summed E-state index contributed by atoms with van der Waals surface area (Å²) in [6.07, 6.45) is 0. The molecule has 0 unspecified atom stereocenters. The molecular formula is C64H52N2O2. The third-order valence-corrected chi connectivity index (χ3v) is 15.3. The van der Waals surface area contributed by atoms with E-state index in [2.05, 4.69) is 235 Å². The highest BCUT2D eigenvalue weighted by Crippen LogP contribution is 2.62. The van der Waals surface area contributed by atoms with E-state index >= 15 is 0 Å². The standard InChI is InChI=1S/C64H52N2O2/c1-37-27-29-51(39(3)31-37)65(41-19-11-9-12-20-41)53-35-49-57(61-59(53)43-23-15-17-25-55(43)67-61)45-33-48-46(34-47(45)63(49,5)6)58-50(64(48,7)8)36-54(60-44-24-16-18-26-56(44)68-62(58)60)66(42-21-13-10-14-22-42)52-30-28-38(2)32-40(52)4/h9-36H,1-8H3. The lowest BCUT2D eigenvalue weighted by molar-refractivity contribution is 0.648. The van der Waals surface area contributed by atoms with Crippen molar-refractivity contribution in [3.05, 3.63) is 214 Å². The Labute approximate surface area is 397 Å². The Hall–Kier alpha value is -7.82. The third kappa shape index (κ3) is 5.61. The van der Waals surface area contributed by atoms with Gasteiger partial charge < -0.3 is 18.6 Å². The van der Waals surface area contributed by atoms with Crippen molar-refractivity contribution in [3.8, 4) is 22.3 Å². The molecule has 0 N–H and O–H groups in total.